The highest BCUT2D eigenvalue weighted by Gasteiger charge is 2.52. The van der Waals surface area contributed by atoms with Crippen molar-refractivity contribution in [1.82, 2.24) is 5.32 Å². The molecule has 0 bridgehead atoms. The number of hydrogen-bond acceptors (Lipinski definition) is 9. The van der Waals surface area contributed by atoms with Gasteiger partial charge in [-0.05, 0) is 50.2 Å². The van der Waals surface area contributed by atoms with Gasteiger partial charge in [-0.2, -0.15) is 5.26 Å². The van der Waals surface area contributed by atoms with Crippen LogP contribution in [0.15, 0.2) is 36.1 Å². The van der Waals surface area contributed by atoms with Crippen LogP contribution in [-0.2, 0) is 33.0 Å². The zero-order valence-electron chi connectivity index (χ0n) is 24.2. The third kappa shape index (κ3) is 7.39. The summed E-state index contributed by atoms with van der Waals surface area (Å²) in [4.78, 5) is 25.2. The van der Waals surface area contributed by atoms with Gasteiger partial charge in [0.25, 0.3) is 0 Å². The molecule has 1 fully saturated rings. The van der Waals surface area contributed by atoms with E-state index < -0.39 is 50.5 Å². The summed E-state index contributed by atoms with van der Waals surface area (Å²) in [5, 5.41) is 12.1. The molecule has 2 aliphatic rings. The Morgan fingerprint density at radius 2 is 1.95 bits per heavy atom. The number of amides is 1. The molecule has 1 aromatic carbocycles. The summed E-state index contributed by atoms with van der Waals surface area (Å²) in [7, 11) is -1.18. The first kappa shape index (κ1) is 30.6. The molecule has 2 heterocycles. The minimum absolute atomic E-state index is 0.0763. The molecule has 1 N–H and O–H groups in total. The van der Waals surface area contributed by atoms with Crippen molar-refractivity contribution >= 4 is 20.2 Å². The molecule has 0 aromatic heterocycles. The summed E-state index contributed by atoms with van der Waals surface area (Å²) in [6.45, 7) is 15.8. The van der Waals surface area contributed by atoms with Crippen molar-refractivity contribution in [2.45, 2.75) is 95.9 Å². The molecule has 1 aromatic rings. The Morgan fingerprint density at radius 1 is 1.26 bits per heavy atom. The van der Waals surface area contributed by atoms with Crippen LogP contribution in [-0.4, -0.2) is 70.2 Å². The predicted molar refractivity (Wildman–Crippen MR) is 145 cm³/mol. The van der Waals surface area contributed by atoms with Gasteiger partial charge in [0.1, 0.15) is 30.1 Å². The van der Waals surface area contributed by atoms with E-state index in [2.05, 4.69) is 45.3 Å². The third-order valence-electron chi connectivity index (χ3n) is 7.24. The maximum Gasteiger partial charge on any atom is 0.373 e. The van der Waals surface area contributed by atoms with Crippen LogP contribution in [0.3, 0.4) is 0 Å². The van der Waals surface area contributed by atoms with Crippen molar-refractivity contribution in [1.29, 1.82) is 5.26 Å². The number of carbonyl (C=O) groups excluding carboxylic acids is 2. The Balaban J connectivity index is 2.12. The van der Waals surface area contributed by atoms with Crippen LogP contribution < -0.4 is 10.1 Å². The van der Waals surface area contributed by atoms with Crippen molar-refractivity contribution in [2.24, 2.45) is 0 Å². The second-order valence-corrected chi connectivity index (χ2v) is 16.5. The molecule has 1 saturated heterocycles. The Labute approximate surface area is 231 Å². The van der Waals surface area contributed by atoms with Crippen molar-refractivity contribution in [3.63, 3.8) is 0 Å². The number of nitrogens with zero attached hydrogens (tertiary/aromatic N) is 1. The molecular weight excluding hydrogens is 520 g/mol. The Bertz CT molecular complexity index is 1140. The maximum absolute atomic E-state index is 12.7. The minimum atomic E-state index is -2.44. The number of nitrogens with one attached hydrogen (secondary N) is 1. The van der Waals surface area contributed by atoms with Crippen LogP contribution in [0.4, 0.5) is 0 Å². The van der Waals surface area contributed by atoms with Crippen molar-refractivity contribution in [3.8, 4) is 11.8 Å². The largest absolute Gasteiger partial charge is 0.484 e. The molecule has 2 aliphatic heterocycles. The zero-order valence-corrected chi connectivity index (χ0v) is 25.2. The van der Waals surface area contributed by atoms with Gasteiger partial charge in [-0.1, -0.05) is 26.8 Å². The Kier molecular flexibility index (Phi) is 9.17. The summed E-state index contributed by atoms with van der Waals surface area (Å²) >= 11 is 0. The summed E-state index contributed by atoms with van der Waals surface area (Å²) in [5.74, 6) is -1.56. The molecule has 39 heavy (non-hydrogen) atoms. The molecule has 5 atom stereocenters. The highest BCUT2D eigenvalue weighted by molar-refractivity contribution is 6.74. The second-order valence-electron chi connectivity index (χ2n) is 11.8. The molecule has 0 saturated carbocycles. The number of carbonyl (C=O) groups is 2. The minimum Gasteiger partial charge on any atom is -0.484 e. The number of ether oxygens (including phenoxy) is 5. The van der Waals surface area contributed by atoms with Crippen LogP contribution in [0.2, 0.25) is 18.1 Å². The van der Waals surface area contributed by atoms with Gasteiger partial charge in [-0.15, -0.1) is 0 Å². The summed E-state index contributed by atoms with van der Waals surface area (Å²) < 4.78 is 36.6. The van der Waals surface area contributed by atoms with E-state index in [1.807, 2.05) is 13.8 Å². The lowest BCUT2D eigenvalue weighted by atomic mass is 9.93. The van der Waals surface area contributed by atoms with E-state index in [9.17, 15) is 14.9 Å². The predicted octanol–water partition coefficient (Wildman–Crippen LogP) is 3.81. The molecular formula is C28H40N2O8Si. The van der Waals surface area contributed by atoms with E-state index in [4.69, 9.17) is 28.1 Å². The van der Waals surface area contributed by atoms with Crippen LogP contribution in [0, 0.1) is 11.3 Å². The van der Waals surface area contributed by atoms with Gasteiger partial charge >= 0.3 is 5.97 Å². The fourth-order valence-electron chi connectivity index (χ4n) is 4.24. The molecule has 0 radical (unpaired) electrons. The number of hydrogen-bond donors (Lipinski definition) is 1. The van der Waals surface area contributed by atoms with Gasteiger partial charge in [-0.3, -0.25) is 4.79 Å². The first-order valence-electron chi connectivity index (χ1n) is 13.0. The average Bonchev–Trinajstić information content (AvgIpc) is 3.21. The van der Waals surface area contributed by atoms with E-state index in [-0.39, 0.29) is 23.3 Å². The number of benzene rings is 1. The highest BCUT2D eigenvalue weighted by Crippen LogP contribution is 2.41. The van der Waals surface area contributed by atoms with E-state index in [0.29, 0.717) is 11.3 Å². The summed E-state index contributed by atoms with van der Waals surface area (Å²) in [5.41, 5.74) is 0.405. The van der Waals surface area contributed by atoms with Crippen molar-refractivity contribution in [2.75, 3.05) is 13.7 Å². The second kappa shape index (κ2) is 11.7. The fourth-order valence-corrected chi connectivity index (χ4v) is 5.56. The first-order valence-corrected chi connectivity index (χ1v) is 15.9. The average molecular weight is 561 g/mol. The topological polar surface area (TPSA) is 125 Å². The number of esters is 1. The first-order chi connectivity index (χ1) is 18.1. The van der Waals surface area contributed by atoms with Gasteiger partial charge in [-0.25, -0.2) is 4.79 Å². The third-order valence-corrected chi connectivity index (χ3v) is 11.7. The number of methoxy groups -OCH3 is 1. The Morgan fingerprint density at radius 3 is 2.49 bits per heavy atom. The van der Waals surface area contributed by atoms with E-state index in [1.165, 1.54) is 20.1 Å². The van der Waals surface area contributed by atoms with Gasteiger partial charge < -0.3 is 33.4 Å². The van der Waals surface area contributed by atoms with Crippen molar-refractivity contribution in [3.05, 3.63) is 41.7 Å². The normalized spacial score (nSPS) is 25.5. The van der Waals surface area contributed by atoms with Gasteiger partial charge in [0.15, 0.2) is 20.2 Å². The number of nitriles is 1. The van der Waals surface area contributed by atoms with Crippen LogP contribution in [0.5, 0.6) is 5.75 Å². The standard InChI is InChI=1S/C28H40N2O8Si/c1-17(31)30-23-20(35-19-12-10-11-18(13-19)15-29)14-21(26(32)33-7)36-25(23)24(22-16-34-28(5,6)37-22)38-39(8,9)27(2,3)4/h10-14,20,22-25H,16H2,1-9H3,(H,30,31)/t20-,22+,23+,24+,25+/m0/s1. The molecule has 0 aliphatic carbocycles. The zero-order chi connectivity index (χ0) is 29.2. The van der Waals surface area contributed by atoms with Crippen LogP contribution >= 0.6 is 0 Å². The van der Waals surface area contributed by atoms with E-state index >= 15 is 0 Å². The van der Waals surface area contributed by atoms with Crippen molar-refractivity contribution < 1.29 is 37.7 Å². The highest BCUT2D eigenvalue weighted by atomic mass is 28.4. The molecule has 0 spiro atoms. The molecule has 0 unspecified atom stereocenters. The van der Waals surface area contributed by atoms with Gasteiger partial charge in [0, 0.05) is 13.0 Å². The monoisotopic (exact) mass is 560 g/mol. The fraction of sp³-hybridized carbons (Fsp3) is 0.607. The lowest BCUT2D eigenvalue weighted by Crippen LogP contribution is -2.63. The van der Waals surface area contributed by atoms with Crippen LogP contribution in [0.25, 0.3) is 0 Å². The van der Waals surface area contributed by atoms with Crippen LogP contribution in [0.1, 0.15) is 47.1 Å². The smallest absolute Gasteiger partial charge is 0.373 e. The van der Waals surface area contributed by atoms with Gasteiger partial charge in [0.2, 0.25) is 11.7 Å². The van der Waals surface area contributed by atoms with E-state index in [0.717, 1.165) is 0 Å². The molecule has 3 rings (SSSR count). The summed E-state index contributed by atoms with van der Waals surface area (Å²) in [6.07, 6.45) is -1.60. The molecule has 10 nitrogen and oxygen atoms in total. The SMILES string of the molecule is COC(=O)C1=C[C@H](Oc2cccc(C#N)c2)[C@@H](NC(C)=O)[C@H]([C@H](O[Si](C)(C)C(C)(C)C)[C@H]2COC(C)(C)O2)O1. The maximum atomic E-state index is 12.7. The lowest BCUT2D eigenvalue weighted by Gasteiger charge is -2.46. The molecule has 1 amide bonds. The van der Waals surface area contributed by atoms with Gasteiger partial charge in [0.05, 0.1) is 25.3 Å². The lowest BCUT2D eigenvalue weighted by molar-refractivity contribution is -0.169. The van der Waals surface area contributed by atoms with E-state index in [1.54, 1.807) is 24.3 Å². The molecule has 214 valence electrons. The summed E-state index contributed by atoms with van der Waals surface area (Å²) in [6, 6.07) is 7.93. The quantitative estimate of drug-likeness (QED) is 0.373. The molecule has 11 heteroatoms. The Hall–Kier alpha value is -2.91. The number of rotatable bonds is 8.